The maximum Gasteiger partial charge on any atom is 0.374 e. The van der Waals surface area contributed by atoms with Gasteiger partial charge in [-0.1, -0.05) is 28.1 Å². The van der Waals surface area contributed by atoms with Gasteiger partial charge in [0.15, 0.2) is 0 Å². The fraction of sp³-hybridized carbons (Fsp3) is 0.118. The second kappa shape index (κ2) is 6.45. The summed E-state index contributed by atoms with van der Waals surface area (Å²) in [5.41, 5.74) is 1.77. The van der Waals surface area contributed by atoms with Gasteiger partial charge in [-0.2, -0.15) is 0 Å². The van der Waals surface area contributed by atoms with Gasteiger partial charge in [0.25, 0.3) is 5.69 Å². The van der Waals surface area contributed by atoms with Gasteiger partial charge in [-0.25, -0.2) is 4.79 Å². The first-order chi connectivity index (χ1) is 11.5. The normalized spacial score (nSPS) is 10.8. The number of hydrogen-bond donors (Lipinski definition) is 0. The molecule has 0 radical (unpaired) electrons. The Morgan fingerprint density at radius 3 is 2.83 bits per heavy atom. The zero-order valence-corrected chi connectivity index (χ0v) is 14.2. The second-order valence-electron chi connectivity index (χ2n) is 5.20. The quantitative estimate of drug-likeness (QED) is 0.364. The van der Waals surface area contributed by atoms with Crippen LogP contribution in [0.2, 0.25) is 0 Å². The van der Waals surface area contributed by atoms with Crippen molar-refractivity contribution in [3.63, 3.8) is 0 Å². The van der Waals surface area contributed by atoms with Crippen molar-refractivity contribution in [2.75, 3.05) is 0 Å². The summed E-state index contributed by atoms with van der Waals surface area (Å²) in [6.07, 6.45) is 0. The standard InChI is InChI=1S/C17H12BrNO5/c1-10-14-8-12(18)5-6-15(14)24-16(10)17(20)23-9-11-3-2-4-13(7-11)19(21)22/h2-8H,9H2,1H3. The van der Waals surface area contributed by atoms with E-state index < -0.39 is 10.9 Å². The molecule has 2 aromatic carbocycles. The van der Waals surface area contributed by atoms with Crippen molar-refractivity contribution in [2.45, 2.75) is 13.5 Å². The van der Waals surface area contributed by atoms with Gasteiger partial charge in [-0.3, -0.25) is 10.1 Å². The number of aryl methyl sites for hydroxylation is 1. The molecular weight excluding hydrogens is 378 g/mol. The van der Waals surface area contributed by atoms with Crippen molar-refractivity contribution in [3.8, 4) is 0 Å². The first kappa shape index (κ1) is 16.2. The fourth-order valence-electron chi connectivity index (χ4n) is 2.36. The summed E-state index contributed by atoms with van der Waals surface area (Å²) in [5.74, 6) is -0.472. The van der Waals surface area contributed by atoms with Gasteiger partial charge in [0.1, 0.15) is 12.2 Å². The predicted octanol–water partition coefficient (Wildman–Crippen LogP) is 4.77. The molecule has 0 amide bonds. The molecular formula is C17H12BrNO5. The van der Waals surface area contributed by atoms with Crippen molar-refractivity contribution in [1.29, 1.82) is 0 Å². The molecule has 3 aromatic rings. The molecule has 0 N–H and O–H groups in total. The highest BCUT2D eigenvalue weighted by atomic mass is 79.9. The van der Waals surface area contributed by atoms with Crippen LogP contribution in [0.1, 0.15) is 21.7 Å². The van der Waals surface area contributed by atoms with E-state index >= 15 is 0 Å². The van der Waals surface area contributed by atoms with Gasteiger partial charge in [0, 0.05) is 27.6 Å². The van der Waals surface area contributed by atoms with Crippen molar-refractivity contribution in [3.05, 3.63) is 73.9 Å². The van der Waals surface area contributed by atoms with Crippen molar-refractivity contribution < 1.29 is 18.9 Å². The molecule has 0 saturated heterocycles. The third-order valence-electron chi connectivity index (χ3n) is 3.57. The molecule has 0 fully saturated rings. The highest BCUT2D eigenvalue weighted by molar-refractivity contribution is 9.10. The number of furan rings is 1. The summed E-state index contributed by atoms with van der Waals surface area (Å²) < 4.78 is 11.7. The van der Waals surface area contributed by atoms with E-state index in [0.29, 0.717) is 16.7 Å². The Labute approximate surface area is 145 Å². The monoisotopic (exact) mass is 389 g/mol. The summed E-state index contributed by atoms with van der Waals surface area (Å²) in [5, 5.41) is 11.6. The van der Waals surface area contributed by atoms with E-state index in [0.717, 1.165) is 9.86 Å². The molecule has 24 heavy (non-hydrogen) atoms. The minimum Gasteiger partial charge on any atom is -0.455 e. The largest absolute Gasteiger partial charge is 0.455 e. The summed E-state index contributed by atoms with van der Waals surface area (Å²) in [6, 6.07) is 11.4. The van der Waals surface area contributed by atoms with Crippen molar-refractivity contribution in [2.24, 2.45) is 0 Å². The number of nitrogens with zero attached hydrogens (tertiary/aromatic N) is 1. The molecule has 0 saturated carbocycles. The molecule has 0 spiro atoms. The van der Waals surface area contributed by atoms with Crippen LogP contribution < -0.4 is 0 Å². The summed E-state index contributed by atoms with van der Waals surface area (Å²) in [7, 11) is 0. The van der Waals surface area contributed by atoms with E-state index in [9.17, 15) is 14.9 Å². The van der Waals surface area contributed by atoms with Crippen LogP contribution in [-0.2, 0) is 11.3 Å². The van der Waals surface area contributed by atoms with Gasteiger partial charge in [0.2, 0.25) is 5.76 Å². The van der Waals surface area contributed by atoms with Crippen molar-refractivity contribution in [1.82, 2.24) is 0 Å². The maximum absolute atomic E-state index is 12.3. The first-order valence-electron chi connectivity index (χ1n) is 7.05. The molecule has 0 aliphatic rings. The average Bonchev–Trinajstić information content (AvgIpc) is 2.89. The molecule has 0 aliphatic carbocycles. The molecule has 0 aliphatic heterocycles. The molecule has 1 aromatic heterocycles. The number of nitro benzene ring substituents is 1. The molecule has 0 bridgehead atoms. The maximum atomic E-state index is 12.3. The summed E-state index contributed by atoms with van der Waals surface area (Å²) in [4.78, 5) is 22.5. The molecule has 0 unspecified atom stereocenters. The van der Waals surface area contributed by atoms with Crippen LogP contribution in [-0.4, -0.2) is 10.9 Å². The number of nitro groups is 1. The van der Waals surface area contributed by atoms with Crippen LogP contribution >= 0.6 is 15.9 Å². The molecule has 1 heterocycles. The number of esters is 1. The Balaban J connectivity index is 1.79. The third kappa shape index (κ3) is 3.16. The number of rotatable bonds is 4. The number of halogens is 1. The molecule has 0 atom stereocenters. The van der Waals surface area contributed by atoms with Gasteiger partial charge >= 0.3 is 5.97 Å². The van der Waals surface area contributed by atoms with Gasteiger partial charge < -0.3 is 9.15 Å². The van der Waals surface area contributed by atoms with E-state index in [1.807, 2.05) is 12.1 Å². The number of hydrogen-bond acceptors (Lipinski definition) is 5. The Morgan fingerprint density at radius 2 is 2.08 bits per heavy atom. The highest BCUT2D eigenvalue weighted by Gasteiger charge is 2.19. The average molecular weight is 390 g/mol. The van der Waals surface area contributed by atoms with E-state index in [1.54, 1.807) is 25.1 Å². The smallest absolute Gasteiger partial charge is 0.374 e. The van der Waals surface area contributed by atoms with E-state index in [1.165, 1.54) is 12.1 Å². The lowest BCUT2D eigenvalue weighted by Crippen LogP contribution is -2.05. The van der Waals surface area contributed by atoms with Crippen LogP contribution in [0.25, 0.3) is 11.0 Å². The molecule has 3 rings (SSSR count). The third-order valence-corrected chi connectivity index (χ3v) is 4.07. The lowest BCUT2D eigenvalue weighted by Gasteiger charge is -2.03. The fourth-order valence-corrected chi connectivity index (χ4v) is 2.72. The van der Waals surface area contributed by atoms with E-state index in [4.69, 9.17) is 9.15 Å². The number of ether oxygens (including phenoxy) is 1. The molecule has 122 valence electrons. The topological polar surface area (TPSA) is 82.6 Å². The number of carbonyl (C=O) groups is 1. The van der Waals surface area contributed by atoms with Gasteiger partial charge in [-0.15, -0.1) is 0 Å². The van der Waals surface area contributed by atoms with E-state index in [-0.39, 0.29) is 18.1 Å². The SMILES string of the molecule is Cc1c(C(=O)OCc2cccc([N+](=O)[O-])c2)oc2ccc(Br)cc12. The van der Waals surface area contributed by atoms with Crippen LogP contribution in [0.15, 0.2) is 51.4 Å². The van der Waals surface area contributed by atoms with Gasteiger partial charge in [0.05, 0.1) is 4.92 Å². The Hall–Kier alpha value is -2.67. The van der Waals surface area contributed by atoms with Crippen LogP contribution in [0.5, 0.6) is 0 Å². The number of non-ortho nitro benzene ring substituents is 1. The molecule has 7 heteroatoms. The number of fused-ring (bicyclic) bond motifs is 1. The lowest BCUT2D eigenvalue weighted by molar-refractivity contribution is -0.384. The van der Waals surface area contributed by atoms with Crippen LogP contribution in [0.4, 0.5) is 5.69 Å². The predicted molar refractivity (Wildman–Crippen MR) is 90.9 cm³/mol. The Kier molecular flexibility index (Phi) is 4.35. The van der Waals surface area contributed by atoms with Crippen molar-refractivity contribution >= 4 is 38.6 Å². The lowest BCUT2D eigenvalue weighted by atomic mass is 10.1. The van der Waals surface area contributed by atoms with Crippen LogP contribution in [0, 0.1) is 17.0 Å². The van der Waals surface area contributed by atoms with Crippen LogP contribution in [0.3, 0.4) is 0 Å². The number of benzene rings is 2. The molecule has 6 nitrogen and oxygen atoms in total. The summed E-state index contributed by atoms with van der Waals surface area (Å²) >= 11 is 3.38. The number of carbonyl (C=O) groups excluding carboxylic acids is 1. The second-order valence-corrected chi connectivity index (χ2v) is 6.12. The van der Waals surface area contributed by atoms with E-state index in [2.05, 4.69) is 15.9 Å². The Morgan fingerprint density at radius 1 is 1.29 bits per heavy atom. The van der Waals surface area contributed by atoms with Gasteiger partial charge in [-0.05, 0) is 30.7 Å². The minimum absolute atomic E-state index is 0.0479. The first-order valence-corrected chi connectivity index (χ1v) is 7.84. The summed E-state index contributed by atoms with van der Waals surface area (Å²) in [6.45, 7) is 1.71. The Bertz CT molecular complexity index is 947. The zero-order chi connectivity index (χ0) is 17.3. The zero-order valence-electron chi connectivity index (χ0n) is 12.6. The minimum atomic E-state index is -0.605. The highest BCUT2D eigenvalue weighted by Crippen LogP contribution is 2.28.